The molecule has 6 nitrogen and oxygen atoms in total. The van der Waals surface area contributed by atoms with Crippen LogP contribution in [-0.4, -0.2) is 22.5 Å². The fraction of sp³-hybridized carbons (Fsp3) is 0.211. The molecule has 0 N–H and O–H groups in total. The number of halogens is 1. The Labute approximate surface area is 148 Å². The van der Waals surface area contributed by atoms with Gasteiger partial charge in [-0.15, -0.1) is 0 Å². The van der Waals surface area contributed by atoms with E-state index < -0.39 is 11.8 Å². The molecular formula is C19H17FN2O4. The molecule has 0 saturated carbocycles. The van der Waals surface area contributed by atoms with Crippen molar-refractivity contribution in [2.45, 2.75) is 20.0 Å². The van der Waals surface area contributed by atoms with Crippen molar-refractivity contribution in [1.29, 1.82) is 0 Å². The highest BCUT2D eigenvalue weighted by atomic mass is 19.1. The van der Waals surface area contributed by atoms with Crippen molar-refractivity contribution in [2.24, 2.45) is 0 Å². The normalized spacial score (nSPS) is 10.7. The maximum absolute atomic E-state index is 13.7. The quantitative estimate of drug-likeness (QED) is 0.657. The van der Waals surface area contributed by atoms with Crippen LogP contribution >= 0.6 is 0 Å². The van der Waals surface area contributed by atoms with Gasteiger partial charge >= 0.3 is 5.97 Å². The van der Waals surface area contributed by atoms with Crippen LogP contribution in [0.3, 0.4) is 0 Å². The van der Waals surface area contributed by atoms with E-state index in [0.29, 0.717) is 16.9 Å². The Morgan fingerprint density at radius 1 is 1.23 bits per heavy atom. The molecule has 0 amide bonds. The first-order valence-corrected chi connectivity index (χ1v) is 7.93. The molecule has 0 spiro atoms. The smallest absolute Gasteiger partial charge is 0.310 e. The van der Waals surface area contributed by atoms with E-state index in [0.717, 1.165) is 5.56 Å². The van der Waals surface area contributed by atoms with Crippen LogP contribution in [0.15, 0.2) is 47.4 Å². The molecule has 0 fully saturated rings. The zero-order valence-corrected chi connectivity index (χ0v) is 14.4. The lowest BCUT2D eigenvalue weighted by atomic mass is 10.1. The number of carbonyl (C=O) groups is 1. The molecule has 2 heterocycles. The summed E-state index contributed by atoms with van der Waals surface area (Å²) in [7, 11) is 1.37. The number of fused-ring (bicyclic) bond motifs is 1. The molecule has 0 aliphatic heterocycles. The van der Waals surface area contributed by atoms with Crippen LogP contribution in [0, 0.1) is 12.7 Å². The number of esters is 1. The zero-order chi connectivity index (χ0) is 18.7. The minimum atomic E-state index is -0.544. The Kier molecular flexibility index (Phi) is 4.97. The molecule has 26 heavy (non-hydrogen) atoms. The van der Waals surface area contributed by atoms with Gasteiger partial charge in [0.1, 0.15) is 12.3 Å². The van der Waals surface area contributed by atoms with E-state index in [4.69, 9.17) is 9.47 Å². The number of aromatic nitrogens is 2. The van der Waals surface area contributed by atoms with E-state index >= 15 is 0 Å². The first-order valence-electron chi connectivity index (χ1n) is 7.93. The first-order chi connectivity index (χ1) is 12.5. The topological polar surface area (TPSA) is 69.9 Å². The van der Waals surface area contributed by atoms with Gasteiger partial charge in [-0.2, -0.15) is 0 Å². The maximum atomic E-state index is 13.7. The Morgan fingerprint density at radius 3 is 2.77 bits per heavy atom. The van der Waals surface area contributed by atoms with E-state index in [1.54, 1.807) is 18.3 Å². The number of ether oxygens (including phenoxy) is 2. The summed E-state index contributed by atoms with van der Waals surface area (Å²) in [5.74, 6) is -0.976. The molecule has 2 aromatic heterocycles. The number of carbonyl (C=O) groups excluding carboxylic acids is 1. The second-order valence-electron chi connectivity index (χ2n) is 5.82. The van der Waals surface area contributed by atoms with Crippen LogP contribution < -0.4 is 10.3 Å². The van der Waals surface area contributed by atoms with Crippen LogP contribution in [-0.2, 0) is 22.6 Å². The number of rotatable bonds is 5. The van der Waals surface area contributed by atoms with E-state index in [1.165, 1.54) is 29.7 Å². The Morgan fingerprint density at radius 2 is 2.04 bits per heavy atom. The predicted octanol–water partition coefficient (Wildman–Crippen LogP) is 2.44. The molecule has 0 aliphatic carbocycles. The highest BCUT2D eigenvalue weighted by Crippen LogP contribution is 2.18. The van der Waals surface area contributed by atoms with E-state index in [-0.39, 0.29) is 24.3 Å². The number of hydrogen-bond acceptors (Lipinski definition) is 5. The molecule has 3 rings (SSSR count). The lowest BCUT2D eigenvalue weighted by Gasteiger charge is -2.07. The van der Waals surface area contributed by atoms with Crippen molar-refractivity contribution in [1.82, 2.24) is 9.38 Å². The molecule has 0 unspecified atom stereocenters. The second-order valence-corrected chi connectivity index (χ2v) is 5.82. The van der Waals surface area contributed by atoms with Gasteiger partial charge in [0, 0.05) is 12.3 Å². The van der Waals surface area contributed by atoms with Gasteiger partial charge in [0.05, 0.1) is 19.2 Å². The predicted molar refractivity (Wildman–Crippen MR) is 92.7 cm³/mol. The SMILES string of the molecule is COc1ccc(CC(=O)OCc2cc(=O)n3ccc(C)cc3n2)cc1F. The average molecular weight is 356 g/mol. The number of hydrogen-bond donors (Lipinski definition) is 0. The molecule has 7 heteroatoms. The van der Waals surface area contributed by atoms with Gasteiger partial charge in [0.15, 0.2) is 11.6 Å². The molecule has 1 aromatic carbocycles. The molecule has 134 valence electrons. The third kappa shape index (κ3) is 3.88. The first kappa shape index (κ1) is 17.6. The Hall–Kier alpha value is -3.22. The van der Waals surface area contributed by atoms with Gasteiger partial charge in [-0.3, -0.25) is 14.0 Å². The second kappa shape index (κ2) is 7.35. The third-order valence-corrected chi connectivity index (χ3v) is 3.82. The largest absolute Gasteiger partial charge is 0.494 e. The minimum Gasteiger partial charge on any atom is -0.494 e. The molecule has 0 bridgehead atoms. The minimum absolute atomic E-state index is 0.0907. The lowest BCUT2D eigenvalue weighted by Crippen LogP contribution is -2.17. The van der Waals surface area contributed by atoms with Gasteiger partial charge in [-0.25, -0.2) is 9.37 Å². The highest BCUT2D eigenvalue weighted by Gasteiger charge is 2.10. The van der Waals surface area contributed by atoms with Gasteiger partial charge in [0.25, 0.3) is 5.56 Å². The summed E-state index contributed by atoms with van der Waals surface area (Å²) in [6.07, 6.45) is 1.56. The summed E-state index contributed by atoms with van der Waals surface area (Å²) in [5.41, 5.74) is 2.02. The van der Waals surface area contributed by atoms with Crippen LogP contribution in [0.25, 0.3) is 5.65 Å². The summed E-state index contributed by atoms with van der Waals surface area (Å²) in [6, 6.07) is 9.17. The van der Waals surface area contributed by atoms with Crippen molar-refractivity contribution in [3.05, 3.63) is 75.6 Å². The van der Waals surface area contributed by atoms with Crippen molar-refractivity contribution in [3.63, 3.8) is 0 Å². The van der Waals surface area contributed by atoms with Crippen LogP contribution in [0.5, 0.6) is 5.75 Å². The van der Waals surface area contributed by atoms with Gasteiger partial charge in [0.2, 0.25) is 0 Å². The summed E-state index contributed by atoms with van der Waals surface area (Å²) >= 11 is 0. The Bertz CT molecular complexity index is 1030. The van der Waals surface area contributed by atoms with Crippen LogP contribution in [0.4, 0.5) is 4.39 Å². The fourth-order valence-electron chi connectivity index (χ4n) is 2.52. The average Bonchev–Trinajstić information content (AvgIpc) is 2.60. The highest BCUT2D eigenvalue weighted by molar-refractivity contribution is 5.72. The molecule has 0 saturated heterocycles. The summed E-state index contributed by atoms with van der Waals surface area (Å²) in [5, 5.41) is 0. The number of nitrogens with zero attached hydrogens (tertiary/aromatic N) is 2. The zero-order valence-electron chi connectivity index (χ0n) is 14.4. The van der Waals surface area contributed by atoms with Gasteiger partial charge in [-0.05, 0) is 42.3 Å². The van der Waals surface area contributed by atoms with E-state index in [1.807, 2.05) is 13.0 Å². The molecule has 0 radical (unpaired) electrons. The summed E-state index contributed by atoms with van der Waals surface area (Å²) in [6.45, 7) is 1.77. The lowest BCUT2D eigenvalue weighted by molar-refractivity contribution is -0.144. The third-order valence-electron chi connectivity index (χ3n) is 3.82. The van der Waals surface area contributed by atoms with Gasteiger partial charge in [-0.1, -0.05) is 6.07 Å². The van der Waals surface area contributed by atoms with Crippen molar-refractivity contribution < 1.29 is 18.7 Å². The monoisotopic (exact) mass is 356 g/mol. The number of pyridine rings is 1. The van der Waals surface area contributed by atoms with E-state index in [2.05, 4.69) is 4.98 Å². The number of aryl methyl sites for hydroxylation is 1. The fourth-order valence-corrected chi connectivity index (χ4v) is 2.52. The molecule has 0 aliphatic rings. The van der Waals surface area contributed by atoms with Gasteiger partial charge < -0.3 is 9.47 Å². The number of methoxy groups -OCH3 is 1. The maximum Gasteiger partial charge on any atom is 0.310 e. The van der Waals surface area contributed by atoms with Crippen molar-refractivity contribution in [2.75, 3.05) is 7.11 Å². The molecule has 0 atom stereocenters. The number of benzene rings is 1. The molecular weight excluding hydrogens is 339 g/mol. The molecule has 3 aromatic rings. The Balaban J connectivity index is 1.68. The van der Waals surface area contributed by atoms with Crippen molar-refractivity contribution >= 4 is 11.6 Å². The summed E-state index contributed by atoms with van der Waals surface area (Å²) < 4.78 is 25.1. The van der Waals surface area contributed by atoms with E-state index in [9.17, 15) is 14.0 Å². The van der Waals surface area contributed by atoms with Crippen molar-refractivity contribution in [3.8, 4) is 5.75 Å². The summed E-state index contributed by atoms with van der Waals surface area (Å²) in [4.78, 5) is 28.4. The van der Waals surface area contributed by atoms with Crippen LogP contribution in [0.2, 0.25) is 0 Å². The van der Waals surface area contributed by atoms with Crippen LogP contribution in [0.1, 0.15) is 16.8 Å². The standard InChI is InChI=1S/C19H17FN2O4/c1-12-5-6-22-17(7-12)21-14(10-18(22)23)11-26-19(24)9-13-3-4-16(25-2)15(20)8-13/h3-8,10H,9,11H2,1-2H3.